The molecule has 0 bridgehead atoms. The van der Waals surface area contributed by atoms with Crippen LogP contribution in [0.3, 0.4) is 0 Å². The van der Waals surface area contributed by atoms with Crippen molar-refractivity contribution in [1.29, 1.82) is 0 Å². The van der Waals surface area contributed by atoms with Crippen molar-refractivity contribution in [2.24, 2.45) is 5.92 Å². The highest BCUT2D eigenvalue weighted by Crippen LogP contribution is 2.19. The Morgan fingerprint density at radius 2 is 2.16 bits per heavy atom. The molecule has 2 unspecified atom stereocenters. The highest BCUT2D eigenvalue weighted by molar-refractivity contribution is 9.11. The molecule has 1 aliphatic rings. The van der Waals surface area contributed by atoms with E-state index >= 15 is 0 Å². The van der Waals surface area contributed by atoms with Crippen molar-refractivity contribution in [1.82, 2.24) is 10.2 Å². The first-order chi connectivity index (χ1) is 8.67. The van der Waals surface area contributed by atoms with Gasteiger partial charge in [-0.2, -0.15) is 0 Å². The molecule has 0 spiro atoms. The quantitative estimate of drug-likeness (QED) is 0.863. The van der Waals surface area contributed by atoms with Crippen LogP contribution in [0.1, 0.15) is 34.1 Å². The van der Waals surface area contributed by atoms with Crippen LogP contribution in [0.5, 0.6) is 0 Å². The summed E-state index contributed by atoms with van der Waals surface area (Å²) in [6.07, 6.45) is 0.628. The predicted molar refractivity (Wildman–Crippen MR) is 81.4 cm³/mol. The Labute approximate surface area is 124 Å². The highest BCUT2D eigenvalue weighted by Gasteiger charge is 2.28. The Kier molecular flexibility index (Phi) is 5.86. The minimum absolute atomic E-state index is 0.190. The van der Waals surface area contributed by atoms with E-state index in [0.29, 0.717) is 5.92 Å². The summed E-state index contributed by atoms with van der Waals surface area (Å²) in [5, 5.41) is 2.98. The number of piperidine rings is 1. The van der Waals surface area contributed by atoms with Gasteiger partial charge in [0.15, 0.2) is 0 Å². The first-order valence-corrected chi connectivity index (χ1v) is 7.52. The average molecular weight is 333 g/mol. The molecule has 1 heterocycles. The van der Waals surface area contributed by atoms with Gasteiger partial charge in [0.05, 0.1) is 0 Å². The number of nitrogens with zero attached hydrogens (tertiary/aromatic N) is 1. The van der Waals surface area contributed by atoms with Gasteiger partial charge in [-0.25, -0.2) is 4.79 Å². The van der Waals surface area contributed by atoms with Gasteiger partial charge in [-0.15, -0.1) is 0 Å². The molecule has 1 rings (SSSR count). The van der Waals surface area contributed by atoms with Crippen LogP contribution in [0.25, 0.3) is 0 Å². The van der Waals surface area contributed by atoms with Crippen LogP contribution in [0, 0.1) is 5.92 Å². The summed E-state index contributed by atoms with van der Waals surface area (Å²) in [4.78, 5) is 14.1. The van der Waals surface area contributed by atoms with E-state index in [1.165, 1.54) is 0 Å². The molecule has 1 N–H and O–H groups in total. The fourth-order valence-corrected chi connectivity index (χ4v) is 2.65. The maximum Gasteiger partial charge on any atom is 0.407 e. The third-order valence-electron chi connectivity index (χ3n) is 3.09. The lowest BCUT2D eigenvalue weighted by Gasteiger charge is -2.37. The maximum atomic E-state index is 11.8. The minimum atomic E-state index is -0.443. The Hall–Kier alpha value is -0.550. The van der Waals surface area contributed by atoms with Crippen LogP contribution in [0.2, 0.25) is 0 Å². The van der Waals surface area contributed by atoms with E-state index < -0.39 is 5.60 Å². The lowest BCUT2D eigenvalue weighted by atomic mass is 9.94. The number of rotatable bonds is 3. The number of halogens is 1. The molecule has 0 saturated carbocycles. The summed E-state index contributed by atoms with van der Waals surface area (Å²) >= 11 is 3.39. The van der Waals surface area contributed by atoms with Crippen LogP contribution in [0.4, 0.5) is 4.79 Å². The van der Waals surface area contributed by atoms with E-state index in [4.69, 9.17) is 4.74 Å². The molecule has 5 heteroatoms. The molecule has 1 amide bonds. The van der Waals surface area contributed by atoms with Gasteiger partial charge in [0.25, 0.3) is 0 Å². The van der Waals surface area contributed by atoms with Crippen LogP contribution in [-0.4, -0.2) is 42.3 Å². The monoisotopic (exact) mass is 332 g/mol. The topological polar surface area (TPSA) is 41.6 Å². The van der Waals surface area contributed by atoms with Crippen molar-refractivity contribution in [2.45, 2.75) is 45.8 Å². The zero-order valence-electron chi connectivity index (χ0n) is 12.3. The number of hydrogen-bond acceptors (Lipinski definition) is 3. The van der Waals surface area contributed by atoms with Gasteiger partial charge in [-0.1, -0.05) is 29.4 Å². The number of ether oxygens (including phenoxy) is 1. The van der Waals surface area contributed by atoms with Crippen molar-refractivity contribution >= 4 is 22.0 Å². The zero-order chi connectivity index (χ0) is 14.6. The molecule has 1 aliphatic heterocycles. The van der Waals surface area contributed by atoms with E-state index in [2.05, 4.69) is 39.6 Å². The Morgan fingerprint density at radius 3 is 2.63 bits per heavy atom. The van der Waals surface area contributed by atoms with Gasteiger partial charge in [0, 0.05) is 30.2 Å². The minimum Gasteiger partial charge on any atom is -0.444 e. The van der Waals surface area contributed by atoms with Crippen LogP contribution < -0.4 is 5.32 Å². The molecule has 2 atom stereocenters. The summed E-state index contributed by atoms with van der Waals surface area (Å²) in [6, 6.07) is 0.190. The maximum absolute atomic E-state index is 11.8. The first-order valence-electron chi connectivity index (χ1n) is 6.72. The summed E-state index contributed by atoms with van der Waals surface area (Å²) < 4.78 is 6.29. The molecule has 1 saturated heterocycles. The number of hydrogen-bond donors (Lipinski definition) is 1. The van der Waals surface area contributed by atoms with E-state index in [-0.39, 0.29) is 12.1 Å². The number of amides is 1. The second-order valence-corrected chi connectivity index (χ2v) is 7.39. The molecule has 1 fully saturated rings. The summed E-state index contributed by atoms with van der Waals surface area (Å²) in [5.74, 6) is 0.410. The Balaban J connectivity index is 2.41. The predicted octanol–water partition coefficient (Wildman–Crippen LogP) is 3.13. The highest BCUT2D eigenvalue weighted by atomic mass is 79.9. The molecular formula is C14H25BrN2O2. The SMILES string of the molecule is C=C(Br)CN1CCC(NC(=O)OC(C)(C)C)C(C)C1. The number of alkyl carbamates (subject to hydrolysis) is 1. The number of nitrogens with one attached hydrogen (secondary N) is 1. The smallest absolute Gasteiger partial charge is 0.407 e. The average Bonchev–Trinajstić information content (AvgIpc) is 2.18. The van der Waals surface area contributed by atoms with Crippen LogP contribution >= 0.6 is 15.9 Å². The van der Waals surface area contributed by atoms with E-state index in [9.17, 15) is 4.79 Å². The summed E-state index contributed by atoms with van der Waals surface area (Å²) in [7, 11) is 0. The van der Waals surface area contributed by atoms with E-state index in [0.717, 1.165) is 30.5 Å². The van der Waals surface area contributed by atoms with E-state index in [1.54, 1.807) is 0 Å². The lowest BCUT2D eigenvalue weighted by Crippen LogP contribution is -2.51. The zero-order valence-corrected chi connectivity index (χ0v) is 13.9. The standard InChI is InChI=1S/C14H25BrN2O2/c1-10-8-17(9-11(2)15)7-6-12(10)16-13(18)19-14(3,4)5/h10,12H,2,6-9H2,1,3-5H3,(H,16,18). The largest absolute Gasteiger partial charge is 0.444 e. The van der Waals surface area contributed by atoms with Crippen LogP contribution in [0.15, 0.2) is 11.1 Å². The fourth-order valence-electron chi connectivity index (χ4n) is 2.29. The summed E-state index contributed by atoms with van der Waals surface area (Å²) in [5.41, 5.74) is -0.443. The lowest BCUT2D eigenvalue weighted by molar-refractivity contribution is 0.0448. The van der Waals surface area contributed by atoms with Crippen molar-refractivity contribution in [3.63, 3.8) is 0 Å². The normalized spacial score (nSPS) is 24.9. The van der Waals surface area contributed by atoms with Gasteiger partial charge < -0.3 is 10.1 Å². The van der Waals surface area contributed by atoms with Crippen molar-refractivity contribution in [3.05, 3.63) is 11.1 Å². The van der Waals surface area contributed by atoms with Crippen molar-refractivity contribution in [3.8, 4) is 0 Å². The van der Waals surface area contributed by atoms with Gasteiger partial charge in [-0.3, -0.25) is 4.90 Å². The second-order valence-electron chi connectivity index (χ2n) is 6.27. The van der Waals surface area contributed by atoms with Gasteiger partial charge >= 0.3 is 6.09 Å². The third-order valence-corrected chi connectivity index (χ3v) is 3.34. The van der Waals surface area contributed by atoms with E-state index in [1.807, 2.05) is 20.8 Å². The van der Waals surface area contributed by atoms with Gasteiger partial charge in [-0.05, 0) is 33.1 Å². The number of carbonyl (C=O) groups is 1. The third kappa shape index (κ3) is 6.43. The summed E-state index contributed by atoms with van der Waals surface area (Å²) in [6.45, 7) is 14.4. The van der Waals surface area contributed by atoms with Crippen molar-refractivity contribution < 1.29 is 9.53 Å². The van der Waals surface area contributed by atoms with Crippen molar-refractivity contribution in [2.75, 3.05) is 19.6 Å². The van der Waals surface area contributed by atoms with Gasteiger partial charge in [0.1, 0.15) is 5.60 Å². The first kappa shape index (κ1) is 16.5. The van der Waals surface area contributed by atoms with Crippen LogP contribution in [-0.2, 0) is 4.74 Å². The number of likely N-dealkylation sites (tertiary alicyclic amines) is 1. The Bertz CT molecular complexity index is 339. The molecule has 0 aromatic heterocycles. The molecular weight excluding hydrogens is 308 g/mol. The molecule has 0 aliphatic carbocycles. The molecule has 0 aromatic rings. The van der Waals surface area contributed by atoms with Gasteiger partial charge in [0.2, 0.25) is 0 Å². The number of carbonyl (C=O) groups excluding carboxylic acids is 1. The molecule has 0 radical (unpaired) electrons. The fraction of sp³-hybridized carbons (Fsp3) is 0.786. The molecule has 4 nitrogen and oxygen atoms in total. The molecule has 19 heavy (non-hydrogen) atoms. The molecule has 0 aromatic carbocycles. The molecule has 110 valence electrons. The second kappa shape index (κ2) is 6.75. The Morgan fingerprint density at radius 1 is 1.53 bits per heavy atom.